The van der Waals surface area contributed by atoms with Gasteiger partial charge < -0.3 is 10.2 Å². The maximum absolute atomic E-state index is 5.51. The summed E-state index contributed by atoms with van der Waals surface area (Å²) in [5.41, 5.74) is 2.69. The summed E-state index contributed by atoms with van der Waals surface area (Å²) in [6.07, 6.45) is 4.91. The van der Waals surface area contributed by atoms with Crippen LogP contribution in [0.3, 0.4) is 0 Å². The SMILES string of the molecule is CCCCN=C(NN)NC1CN2CCC1CC2. The molecule has 0 aliphatic carbocycles. The van der Waals surface area contributed by atoms with Gasteiger partial charge in [-0.3, -0.25) is 10.4 Å². The van der Waals surface area contributed by atoms with Crippen molar-refractivity contribution in [2.45, 2.75) is 38.6 Å². The molecule has 98 valence electrons. The van der Waals surface area contributed by atoms with Crippen molar-refractivity contribution in [2.75, 3.05) is 26.2 Å². The van der Waals surface area contributed by atoms with Crippen LogP contribution in [-0.4, -0.2) is 43.1 Å². The Morgan fingerprint density at radius 2 is 2.18 bits per heavy atom. The molecule has 4 N–H and O–H groups in total. The summed E-state index contributed by atoms with van der Waals surface area (Å²) in [5.74, 6) is 7.07. The van der Waals surface area contributed by atoms with Gasteiger partial charge in [-0.05, 0) is 38.3 Å². The standard InChI is InChI=1S/C12H25N5/c1-2-3-6-14-12(16-13)15-11-9-17-7-4-10(11)5-8-17/h10-11H,2-9,13H2,1H3,(H2,14,15,16). The lowest BCUT2D eigenvalue weighted by Gasteiger charge is -2.45. The van der Waals surface area contributed by atoms with Crippen LogP contribution in [0.5, 0.6) is 0 Å². The van der Waals surface area contributed by atoms with Gasteiger partial charge in [0.1, 0.15) is 0 Å². The Morgan fingerprint density at radius 3 is 2.71 bits per heavy atom. The molecule has 0 radical (unpaired) electrons. The molecule has 1 atom stereocenters. The first-order valence-corrected chi connectivity index (χ1v) is 6.83. The maximum atomic E-state index is 5.51. The van der Waals surface area contributed by atoms with Gasteiger partial charge in [-0.25, -0.2) is 5.84 Å². The molecular weight excluding hydrogens is 214 g/mol. The zero-order valence-corrected chi connectivity index (χ0v) is 10.8. The van der Waals surface area contributed by atoms with Crippen molar-refractivity contribution >= 4 is 5.96 Å². The lowest BCUT2D eigenvalue weighted by Crippen LogP contribution is -2.59. The van der Waals surface area contributed by atoms with E-state index >= 15 is 0 Å². The van der Waals surface area contributed by atoms with Gasteiger partial charge in [0.2, 0.25) is 5.96 Å². The second-order valence-corrected chi connectivity index (χ2v) is 5.12. The predicted molar refractivity (Wildman–Crippen MR) is 70.6 cm³/mol. The minimum atomic E-state index is 0.522. The molecule has 3 aliphatic heterocycles. The van der Waals surface area contributed by atoms with Gasteiger partial charge in [-0.1, -0.05) is 13.3 Å². The zero-order valence-electron chi connectivity index (χ0n) is 10.8. The van der Waals surface area contributed by atoms with Crippen molar-refractivity contribution in [3.8, 4) is 0 Å². The molecule has 3 heterocycles. The highest BCUT2D eigenvalue weighted by Gasteiger charge is 2.34. The highest BCUT2D eigenvalue weighted by molar-refractivity contribution is 5.79. The summed E-state index contributed by atoms with van der Waals surface area (Å²) in [6.45, 7) is 6.69. The number of rotatable bonds is 4. The monoisotopic (exact) mass is 239 g/mol. The largest absolute Gasteiger partial charge is 0.351 e. The van der Waals surface area contributed by atoms with Crippen molar-refractivity contribution in [3.05, 3.63) is 0 Å². The normalized spacial score (nSPS) is 32.6. The number of nitrogens with two attached hydrogens (primary N) is 1. The van der Waals surface area contributed by atoms with Gasteiger partial charge in [0.05, 0.1) is 0 Å². The van der Waals surface area contributed by atoms with E-state index in [1.165, 1.54) is 32.4 Å². The molecule has 0 amide bonds. The van der Waals surface area contributed by atoms with Crippen LogP contribution in [0.2, 0.25) is 0 Å². The Bertz CT molecular complexity index is 258. The van der Waals surface area contributed by atoms with Gasteiger partial charge in [0.25, 0.3) is 0 Å². The second-order valence-electron chi connectivity index (χ2n) is 5.12. The molecule has 3 aliphatic rings. The molecule has 0 aromatic carbocycles. The minimum absolute atomic E-state index is 0.522. The fourth-order valence-corrected chi connectivity index (χ4v) is 2.79. The number of nitrogens with zero attached hydrogens (tertiary/aromatic N) is 2. The lowest BCUT2D eigenvalue weighted by molar-refractivity contribution is 0.0808. The van der Waals surface area contributed by atoms with Crippen molar-refractivity contribution in [2.24, 2.45) is 16.8 Å². The van der Waals surface area contributed by atoms with Gasteiger partial charge in [0, 0.05) is 19.1 Å². The number of aliphatic imine (C=N–C) groups is 1. The topological polar surface area (TPSA) is 65.7 Å². The number of unbranched alkanes of at least 4 members (excludes halogenated alkanes) is 1. The number of piperidine rings is 3. The smallest absolute Gasteiger partial charge is 0.205 e. The molecule has 0 saturated carbocycles. The van der Waals surface area contributed by atoms with E-state index in [0.717, 1.165) is 31.4 Å². The third-order valence-corrected chi connectivity index (χ3v) is 3.90. The fourth-order valence-electron chi connectivity index (χ4n) is 2.79. The third-order valence-electron chi connectivity index (χ3n) is 3.90. The van der Waals surface area contributed by atoms with E-state index in [-0.39, 0.29) is 0 Å². The summed E-state index contributed by atoms with van der Waals surface area (Å²) in [7, 11) is 0. The van der Waals surface area contributed by atoms with Gasteiger partial charge in [-0.15, -0.1) is 0 Å². The van der Waals surface area contributed by atoms with Crippen LogP contribution in [0.25, 0.3) is 0 Å². The highest BCUT2D eigenvalue weighted by atomic mass is 15.3. The lowest BCUT2D eigenvalue weighted by atomic mass is 9.84. The van der Waals surface area contributed by atoms with E-state index in [9.17, 15) is 0 Å². The minimum Gasteiger partial charge on any atom is -0.351 e. The van der Waals surface area contributed by atoms with Gasteiger partial charge in [-0.2, -0.15) is 0 Å². The van der Waals surface area contributed by atoms with Crippen LogP contribution < -0.4 is 16.6 Å². The van der Waals surface area contributed by atoms with Gasteiger partial charge in [0.15, 0.2) is 0 Å². The maximum Gasteiger partial charge on any atom is 0.205 e. The molecule has 3 fully saturated rings. The van der Waals surface area contributed by atoms with Crippen LogP contribution in [0.15, 0.2) is 4.99 Å². The Morgan fingerprint density at radius 1 is 1.41 bits per heavy atom. The first kappa shape index (κ1) is 12.6. The van der Waals surface area contributed by atoms with E-state index in [1.54, 1.807) is 0 Å². The zero-order chi connectivity index (χ0) is 12.1. The van der Waals surface area contributed by atoms with E-state index in [2.05, 4.69) is 27.6 Å². The molecule has 1 unspecified atom stereocenters. The van der Waals surface area contributed by atoms with E-state index in [0.29, 0.717) is 6.04 Å². The summed E-state index contributed by atoms with van der Waals surface area (Å²) >= 11 is 0. The molecule has 3 rings (SSSR count). The van der Waals surface area contributed by atoms with Crippen LogP contribution >= 0.6 is 0 Å². The highest BCUT2D eigenvalue weighted by Crippen LogP contribution is 2.27. The van der Waals surface area contributed by atoms with Crippen molar-refractivity contribution in [1.29, 1.82) is 0 Å². The number of guanidine groups is 1. The molecule has 0 aromatic rings. The Kier molecular flexibility index (Phi) is 4.62. The van der Waals surface area contributed by atoms with E-state index < -0.39 is 0 Å². The molecule has 2 bridgehead atoms. The number of hydrazine groups is 1. The van der Waals surface area contributed by atoms with E-state index in [1.807, 2.05) is 0 Å². The molecule has 3 saturated heterocycles. The van der Waals surface area contributed by atoms with E-state index in [4.69, 9.17) is 5.84 Å². The van der Waals surface area contributed by atoms with Crippen LogP contribution in [-0.2, 0) is 0 Å². The molecular formula is C12H25N5. The Hall–Kier alpha value is -0.810. The van der Waals surface area contributed by atoms with Gasteiger partial charge >= 0.3 is 0 Å². The first-order chi connectivity index (χ1) is 8.33. The number of fused-ring (bicyclic) bond motifs is 3. The van der Waals surface area contributed by atoms with Crippen molar-refractivity contribution in [3.63, 3.8) is 0 Å². The molecule has 0 aromatic heterocycles. The number of hydrogen-bond acceptors (Lipinski definition) is 3. The quantitative estimate of drug-likeness (QED) is 0.217. The predicted octanol–water partition coefficient (Wildman–Crippen LogP) is 0.290. The van der Waals surface area contributed by atoms with Crippen LogP contribution in [0.1, 0.15) is 32.6 Å². The Balaban J connectivity index is 1.83. The summed E-state index contributed by atoms with van der Waals surface area (Å²) in [6, 6.07) is 0.522. The second kappa shape index (κ2) is 6.21. The number of nitrogens with one attached hydrogen (secondary N) is 2. The fraction of sp³-hybridized carbons (Fsp3) is 0.917. The molecule has 5 nitrogen and oxygen atoms in total. The molecule has 17 heavy (non-hydrogen) atoms. The first-order valence-electron chi connectivity index (χ1n) is 6.83. The van der Waals surface area contributed by atoms with Crippen molar-refractivity contribution < 1.29 is 0 Å². The summed E-state index contributed by atoms with van der Waals surface area (Å²) in [4.78, 5) is 6.99. The molecule has 5 heteroatoms. The third kappa shape index (κ3) is 3.33. The summed E-state index contributed by atoms with van der Waals surface area (Å²) in [5, 5.41) is 3.47. The van der Waals surface area contributed by atoms with Crippen LogP contribution in [0.4, 0.5) is 0 Å². The average Bonchev–Trinajstić information content (AvgIpc) is 2.39. The summed E-state index contributed by atoms with van der Waals surface area (Å²) < 4.78 is 0. The molecule has 0 spiro atoms. The Labute approximate surface area is 104 Å². The van der Waals surface area contributed by atoms with Crippen molar-refractivity contribution in [1.82, 2.24) is 15.6 Å². The number of hydrogen-bond donors (Lipinski definition) is 3. The average molecular weight is 239 g/mol. The van der Waals surface area contributed by atoms with Crippen LogP contribution in [0, 0.1) is 5.92 Å².